The van der Waals surface area contributed by atoms with Gasteiger partial charge in [-0.3, -0.25) is 0 Å². The quantitative estimate of drug-likeness (QED) is 0.466. The summed E-state index contributed by atoms with van der Waals surface area (Å²) in [6.45, 7) is 5.65. The van der Waals surface area contributed by atoms with Gasteiger partial charge in [-0.2, -0.15) is 0 Å². The van der Waals surface area contributed by atoms with Gasteiger partial charge in [0, 0.05) is 17.2 Å². The molecule has 3 unspecified atom stereocenters. The van der Waals surface area contributed by atoms with Crippen LogP contribution in [0.25, 0.3) is 16.6 Å². The third-order valence-electron chi connectivity index (χ3n) is 7.02. The van der Waals surface area contributed by atoms with E-state index in [9.17, 15) is 10.0 Å². The number of carbonyl (C=O) groups is 1. The monoisotopic (exact) mass is 366 g/mol. The summed E-state index contributed by atoms with van der Waals surface area (Å²) in [5.74, 6) is -0.285. The number of benzene rings is 1. The Hall–Kier alpha value is -2.11. The van der Waals surface area contributed by atoms with E-state index in [1.54, 1.807) is 0 Å². The van der Waals surface area contributed by atoms with Gasteiger partial charge < -0.3 is 19.2 Å². The van der Waals surface area contributed by atoms with Gasteiger partial charge in [-0.15, -0.1) is 0 Å². The first-order chi connectivity index (χ1) is 13.0. The van der Waals surface area contributed by atoms with Crippen LogP contribution in [-0.2, 0) is 16.0 Å². The number of piperidine rings is 1. The maximum Gasteiger partial charge on any atom is 0.354 e. The normalized spacial score (nSPS) is 31.4. The molecule has 1 aromatic carbocycles. The van der Waals surface area contributed by atoms with Gasteiger partial charge >= 0.3 is 5.97 Å². The third-order valence-corrected chi connectivity index (χ3v) is 7.02. The van der Waals surface area contributed by atoms with Crippen molar-refractivity contribution in [1.29, 1.82) is 0 Å². The van der Waals surface area contributed by atoms with Crippen LogP contribution in [0.1, 0.15) is 50.4 Å². The fraction of sp³-hybridized carbons (Fsp3) is 0.500. The molecule has 1 fully saturated rings. The highest BCUT2D eigenvalue weighted by molar-refractivity contribution is 6.13. The summed E-state index contributed by atoms with van der Waals surface area (Å²) in [6, 6.07) is 8.11. The van der Waals surface area contributed by atoms with Crippen molar-refractivity contribution >= 4 is 22.6 Å². The van der Waals surface area contributed by atoms with Crippen LogP contribution < -0.4 is 0 Å². The van der Waals surface area contributed by atoms with Crippen molar-refractivity contribution in [2.45, 2.75) is 45.6 Å². The molecule has 5 heteroatoms. The predicted molar refractivity (Wildman–Crippen MR) is 105 cm³/mol. The summed E-state index contributed by atoms with van der Waals surface area (Å²) in [5.41, 5.74) is 3.69. The molecule has 0 bridgehead atoms. The molecule has 0 amide bonds. The number of rotatable bonds is 3. The summed E-state index contributed by atoms with van der Waals surface area (Å²) in [4.78, 5) is 12.9. The van der Waals surface area contributed by atoms with Crippen molar-refractivity contribution in [3.63, 3.8) is 0 Å². The smallest absolute Gasteiger partial charge is 0.354 e. The number of aromatic nitrogens is 1. The molecule has 5 nitrogen and oxygen atoms in total. The summed E-state index contributed by atoms with van der Waals surface area (Å²) in [6.07, 6.45) is 5.60. The van der Waals surface area contributed by atoms with Crippen LogP contribution in [-0.4, -0.2) is 34.9 Å². The third kappa shape index (κ3) is 2.10. The molecule has 1 saturated heterocycles. The van der Waals surface area contributed by atoms with Crippen molar-refractivity contribution in [3.8, 4) is 0 Å². The number of hydrogen-bond acceptors (Lipinski definition) is 3. The van der Waals surface area contributed by atoms with Crippen molar-refractivity contribution in [3.05, 3.63) is 46.8 Å². The van der Waals surface area contributed by atoms with E-state index in [1.165, 1.54) is 10.9 Å². The molecule has 2 aromatic rings. The molecule has 3 aliphatic rings. The number of esters is 1. The van der Waals surface area contributed by atoms with Gasteiger partial charge in [0.25, 0.3) is 0 Å². The van der Waals surface area contributed by atoms with Crippen LogP contribution in [0.5, 0.6) is 0 Å². The molecule has 4 heterocycles. The molecular formula is C22H26N2O3. The molecule has 3 aliphatic heterocycles. The van der Waals surface area contributed by atoms with Gasteiger partial charge in [0.05, 0.1) is 30.9 Å². The van der Waals surface area contributed by atoms with Crippen molar-refractivity contribution in [2.75, 3.05) is 19.7 Å². The van der Waals surface area contributed by atoms with Crippen LogP contribution in [0, 0.1) is 10.6 Å². The number of nitrogens with zero attached hydrogens (tertiary/aromatic N) is 2. The molecule has 0 N–H and O–H groups in total. The number of fused-ring (bicyclic) bond motifs is 3. The Labute approximate surface area is 159 Å². The number of quaternary nitrogens is 1. The average Bonchev–Trinajstić information content (AvgIpc) is 3.01. The largest absolute Gasteiger partial charge is 0.632 e. The van der Waals surface area contributed by atoms with Gasteiger partial charge in [0.15, 0.2) is 0 Å². The van der Waals surface area contributed by atoms with E-state index in [-0.39, 0.29) is 22.1 Å². The zero-order chi connectivity index (χ0) is 18.8. The molecule has 5 rings (SSSR count). The van der Waals surface area contributed by atoms with E-state index in [4.69, 9.17) is 4.74 Å². The summed E-state index contributed by atoms with van der Waals surface area (Å²) < 4.78 is 7.33. The first-order valence-electron chi connectivity index (χ1n) is 10.1. The van der Waals surface area contributed by atoms with Gasteiger partial charge in [0.2, 0.25) is 0 Å². The number of hydrogen-bond donors (Lipinski definition) is 0. The molecule has 142 valence electrons. The van der Waals surface area contributed by atoms with Crippen molar-refractivity contribution < 1.29 is 14.2 Å². The zero-order valence-corrected chi connectivity index (χ0v) is 16.0. The Balaban J connectivity index is 1.87. The predicted octanol–water partition coefficient (Wildman–Crippen LogP) is 4.16. The van der Waals surface area contributed by atoms with Crippen LogP contribution >= 0.6 is 0 Å². The van der Waals surface area contributed by atoms with Crippen LogP contribution in [0.15, 0.2) is 30.3 Å². The van der Waals surface area contributed by atoms with Crippen LogP contribution in [0.3, 0.4) is 0 Å². The molecule has 0 spiro atoms. The van der Waals surface area contributed by atoms with E-state index < -0.39 is 0 Å². The lowest BCUT2D eigenvalue weighted by molar-refractivity contribution is -0.927. The maximum atomic E-state index is 13.9. The van der Waals surface area contributed by atoms with Crippen molar-refractivity contribution in [1.82, 2.24) is 4.57 Å². The average molecular weight is 366 g/mol. The molecule has 0 radical (unpaired) electrons. The van der Waals surface area contributed by atoms with Crippen LogP contribution in [0.2, 0.25) is 0 Å². The Morgan fingerprint density at radius 3 is 2.93 bits per heavy atom. The second-order valence-electron chi connectivity index (χ2n) is 8.21. The SMILES string of the molecule is CCOC(=O)C1=CC2(CC)CCC[N+]3([O-])CCc4c(n1c1ccccc41)C23. The van der Waals surface area contributed by atoms with E-state index in [1.807, 2.05) is 19.1 Å². The summed E-state index contributed by atoms with van der Waals surface area (Å²) in [7, 11) is 0. The Morgan fingerprint density at radius 2 is 2.15 bits per heavy atom. The second-order valence-corrected chi connectivity index (χ2v) is 8.21. The van der Waals surface area contributed by atoms with Crippen LogP contribution in [0.4, 0.5) is 0 Å². The summed E-state index contributed by atoms with van der Waals surface area (Å²) >= 11 is 0. The van der Waals surface area contributed by atoms with Gasteiger partial charge in [-0.25, -0.2) is 4.79 Å². The molecule has 0 saturated carbocycles. The number of carbonyl (C=O) groups excluding carboxylic acids is 1. The van der Waals surface area contributed by atoms with Gasteiger partial charge in [0.1, 0.15) is 11.7 Å². The Kier molecular flexibility index (Phi) is 3.59. The maximum absolute atomic E-state index is 13.9. The zero-order valence-electron chi connectivity index (χ0n) is 16.0. The fourth-order valence-corrected chi connectivity index (χ4v) is 5.90. The van der Waals surface area contributed by atoms with E-state index in [0.29, 0.717) is 25.4 Å². The summed E-state index contributed by atoms with van der Waals surface area (Å²) in [5, 5.41) is 15.1. The van der Waals surface area contributed by atoms with Gasteiger partial charge in [-0.1, -0.05) is 25.1 Å². The number of hydroxylamine groups is 3. The van der Waals surface area contributed by atoms with Gasteiger partial charge in [-0.05, 0) is 43.9 Å². The van der Waals surface area contributed by atoms with Crippen molar-refractivity contribution in [2.24, 2.45) is 5.41 Å². The molecule has 0 aliphatic carbocycles. The first-order valence-corrected chi connectivity index (χ1v) is 10.1. The fourth-order valence-electron chi connectivity index (χ4n) is 5.90. The lowest BCUT2D eigenvalue weighted by atomic mass is 9.66. The molecular weight excluding hydrogens is 340 g/mol. The van der Waals surface area contributed by atoms with E-state index in [2.05, 4.69) is 29.7 Å². The van der Waals surface area contributed by atoms with E-state index >= 15 is 0 Å². The highest BCUT2D eigenvalue weighted by Crippen LogP contribution is 2.59. The van der Waals surface area contributed by atoms with E-state index in [0.717, 1.165) is 36.9 Å². The lowest BCUT2D eigenvalue weighted by Gasteiger charge is -2.61. The second kappa shape index (κ2) is 5.69. The highest BCUT2D eigenvalue weighted by Gasteiger charge is 2.56. The standard InChI is InChI=1S/C22H26N2O3/c1-3-22-11-7-12-24(26)13-10-16-15-8-5-6-9-17(15)23(19(16)20(22)24)18(14-22)21(25)27-4-2/h5-6,8-9,14,20H,3-4,7,10-13H2,1-2H3. The topological polar surface area (TPSA) is 54.3 Å². The lowest BCUT2D eigenvalue weighted by Crippen LogP contribution is -2.60. The minimum Gasteiger partial charge on any atom is -0.632 e. The molecule has 3 atom stereocenters. The number of ether oxygens (including phenoxy) is 1. The minimum absolute atomic E-state index is 0.120. The molecule has 27 heavy (non-hydrogen) atoms. The molecule has 1 aromatic heterocycles. The Bertz CT molecular complexity index is 975. The number of para-hydroxylation sites is 1. The highest BCUT2D eigenvalue weighted by atomic mass is 16.5. The first kappa shape index (κ1) is 17.0. The Morgan fingerprint density at radius 1 is 1.33 bits per heavy atom. The minimum atomic E-state index is -0.285.